The minimum atomic E-state index is -0.396. The molecular weight excluding hydrogens is 166 g/mol. The lowest BCUT2D eigenvalue weighted by molar-refractivity contribution is 0.547. The van der Waals surface area contributed by atoms with Gasteiger partial charge < -0.3 is 5.73 Å². The highest BCUT2D eigenvalue weighted by molar-refractivity contribution is 5.28. The molecule has 2 rings (SSSR count). The van der Waals surface area contributed by atoms with E-state index < -0.39 is 5.54 Å². The number of aromatic nitrogens is 4. The zero-order chi connectivity index (χ0) is 9.47. The number of rotatable bonds is 1. The second-order valence-electron chi connectivity index (χ2n) is 3.57. The van der Waals surface area contributed by atoms with Crippen molar-refractivity contribution < 1.29 is 0 Å². The summed E-state index contributed by atoms with van der Waals surface area (Å²) in [6.07, 6.45) is 5.04. The fourth-order valence-corrected chi connectivity index (χ4v) is 1.05. The number of fused-ring (bicyclic) bond motifs is 1. The molecule has 2 heterocycles. The molecule has 0 aliphatic heterocycles. The van der Waals surface area contributed by atoms with Crippen LogP contribution in [0.25, 0.3) is 5.78 Å². The normalized spacial score (nSPS) is 12.2. The highest BCUT2D eigenvalue weighted by Gasteiger charge is 2.15. The molecule has 5 nitrogen and oxygen atoms in total. The lowest BCUT2D eigenvalue weighted by atomic mass is 9.99. The van der Waals surface area contributed by atoms with Crippen LogP contribution in [0.15, 0.2) is 18.7 Å². The summed E-state index contributed by atoms with van der Waals surface area (Å²) < 4.78 is 1.62. The maximum Gasteiger partial charge on any atom is 0.252 e. The summed E-state index contributed by atoms with van der Waals surface area (Å²) in [4.78, 5) is 8.06. The van der Waals surface area contributed by atoms with E-state index in [2.05, 4.69) is 15.1 Å². The fourth-order valence-electron chi connectivity index (χ4n) is 1.05. The van der Waals surface area contributed by atoms with E-state index in [1.54, 1.807) is 10.7 Å². The van der Waals surface area contributed by atoms with Crippen LogP contribution in [0.5, 0.6) is 0 Å². The van der Waals surface area contributed by atoms with E-state index in [1.165, 1.54) is 6.33 Å². The average molecular weight is 177 g/mol. The molecule has 0 atom stereocenters. The molecular formula is C8H11N5. The Morgan fingerprint density at radius 3 is 2.85 bits per heavy atom. The van der Waals surface area contributed by atoms with Crippen molar-refractivity contribution in [3.8, 4) is 0 Å². The lowest BCUT2D eigenvalue weighted by Gasteiger charge is -2.17. The first kappa shape index (κ1) is 8.12. The Bertz CT molecular complexity index is 425. The van der Waals surface area contributed by atoms with Crippen LogP contribution in [0.4, 0.5) is 0 Å². The zero-order valence-corrected chi connectivity index (χ0v) is 7.60. The molecule has 0 amide bonds. The molecule has 2 aromatic heterocycles. The van der Waals surface area contributed by atoms with Gasteiger partial charge in [0.15, 0.2) is 0 Å². The van der Waals surface area contributed by atoms with Crippen LogP contribution >= 0.6 is 0 Å². The van der Waals surface area contributed by atoms with Gasteiger partial charge in [-0.15, -0.1) is 0 Å². The molecule has 0 fully saturated rings. The fraction of sp³-hybridized carbons (Fsp3) is 0.375. The number of hydrogen-bond donors (Lipinski definition) is 1. The Hall–Kier alpha value is -1.49. The Balaban J connectivity index is 2.61. The first-order chi connectivity index (χ1) is 6.07. The predicted molar refractivity (Wildman–Crippen MR) is 48.0 cm³/mol. The second kappa shape index (κ2) is 2.50. The molecule has 0 aliphatic carbocycles. The van der Waals surface area contributed by atoms with E-state index in [0.717, 1.165) is 5.56 Å². The molecule has 0 saturated heterocycles. The minimum Gasteiger partial charge on any atom is -0.322 e. The van der Waals surface area contributed by atoms with Crippen LogP contribution in [-0.4, -0.2) is 19.6 Å². The lowest BCUT2D eigenvalue weighted by Crippen LogP contribution is -2.29. The zero-order valence-electron chi connectivity index (χ0n) is 7.60. The van der Waals surface area contributed by atoms with Crippen molar-refractivity contribution in [2.45, 2.75) is 19.4 Å². The maximum atomic E-state index is 5.92. The van der Waals surface area contributed by atoms with E-state index in [4.69, 9.17) is 5.73 Å². The number of hydrogen-bond acceptors (Lipinski definition) is 4. The molecule has 5 heteroatoms. The minimum absolute atomic E-state index is 0.396. The van der Waals surface area contributed by atoms with Gasteiger partial charge in [-0.3, -0.25) is 0 Å². The van der Waals surface area contributed by atoms with E-state index in [9.17, 15) is 0 Å². The third kappa shape index (κ3) is 1.38. The van der Waals surface area contributed by atoms with E-state index >= 15 is 0 Å². The largest absolute Gasteiger partial charge is 0.322 e. The SMILES string of the molecule is CC(C)(N)c1cnc2ncnn2c1. The summed E-state index contributed by atoms with van der Waals surface area (Å²) in [5.74, 6) is 0.591. The van der Waals surface area contributed by atoms with Crippen LogP contribution in [0.2, 0.25) is 0 Å². The third-order valence-electron chi connectivity index (χ3n) is 1.88. The molecule has 0 aliphatic rings. The van der Waals surface area contributed by atoms with Crippen LogP contribution in [-0.2, 0) is 5.54 Å². The quantitative estimate of drug-likeness (QED) is 0.681. The van der Waals surface area contributed by atoms with Gasteiger partial charge in [-0.1, -0.05) is 0 Å². The van der Waals surface area contributed by atoms with Crippen molar-refractivity contribution in [3.05, 3.63) is 24.3 Å². The first-order valence-corrected chi connectivity index (χ1v) is 4.02. The highest BCUT2D eigenvalue weighted by Crippen LogP contribution is 2.14. The summed E-state index contributed by atoms with van der Waals surface area (Å²) in [5, 5.41) is 3.98. The molecule has 0 aromatic carbocycles. The molecule has 0 unspecified atom stereocenters. The predicted octanol–water partition coefficient (Wildman–Crippen LogP) is 0.318. The Morgan fingerprint density at radius 2 is 2.15 bits per heavy atom. The van der Waals surface area contributed by atoms with Crippen LogP contribution in [0.3, 0.4) is 0 Å². The van der Waals surface area contributed by atoms with Crippen LogP contribution in [0.1, 0.15) is 19.4 Å². The molecule has 0 radical (unpaired) electrons. The van der Waals surface area contributed by atoms with E-state index in [0.29, 0.717) is 5.78 Å². The molecule has 13 heavy (non-hydrogen) atoms. The van der Waals surface area contributed by atoms with Crippen molar-refractivity contribution in [2.24, 2.45) is 5.73 Å². The van der Waals surface area contributed by atoms with Crippen molar-refractivity contribution in [3.63, 3.8) is 0 Å². The van der Waals surface area contributed by atoms with Gasteiger partial charge in [0, 0.05) is 23.5 Å². The summed E-state index contributed by atoms with van der Waals surface area (Å²) >= 11 is 0. The number of nitrogens with two attached hydrogens (primary N) is 1. The molecule has 2 N–H and O–H groups in total. The monoisotopic (exact) mass is 177 g/mol. The van der Waals surface area contributed by atoms with E-state index in [-0.39, 0.29) is 0 Å². The Labute approximate surface area is 75.6 Å². The van der Waals surface area contributed by atoms with Gasteiger partial charge >= 0.3 is 0 Å². The first-order valence-electron chi connectivity index (χ1n) is 4.02. The topological polar surface area (TPSA) is 69.1 Å². The van der Waals surface area contributed by atoms with Crippen LogP contribution < -0.4 is 5.73 Å². The van der Waals surface area contributed by atoms with Crippen LogP contribution in [0, 0.1) is 0 Å². The summed E-state index contributed by atoms with van der Waals surface area (Å²) in [5.41, 5.74) is 6.45. The van der Waals surface area contributed by atoms with Gasteiger partial charge in [-0.25, -0.2) is 9.50 Å². The standard InChI is InChI=1S/C8H11N5/c1-8(2,9)6-3-10-7-11-5-12-13(7)4-6/h3-5H,9H2,1-2H3. The molecule has 0 spiro atoms. The molecule has 68 valence electrons. The molecule has 0 bridgehead atoms. The van der Waals surface area contributed by atoms with Crippen molar-refractivity contribution >= 4 is 5.78 Å². The van der Waals surface area contributed by atoms with E-state index in [1.807, 2.05) is 20.0 Å². The number of nitrogens with zero attached hydrogens (tertiary/aromatic N) is 4. The van der Waals surface area contributed by atoms with Gasteiger partial charge in [0.2, 0.25) is 0 Å². The summed E-state index contributed by atoms with van der Waals surface area (Å²) in [7, 11) is 0. The van der Waals surface area contributed by atoms with Crippen molar-refractivity contribution in [1.82, 2.24) is 19.6 Å². The maximum absolute atomic E-state index is 5.92. The van der Waals surface area contributed by atoms with Gasteiger partial charge in [0.25, 0.3) is 5.78 Å². The Kier molecular flexibility index (Phi) is 1.56. The molecule has 2 aromatic rings. The summed E-state index contributed by atoms with van der Waals surface area (Å²) in [6.45, 7) is 3.85. The third-order valence-corrected chi connectivity index (χ3v) is 1.88. The van der Waals surface area contributed by atoms with Crippen molar-refractivity contribution in [2.75, 3.05) is 0 Å². The van der Waals surface area contributed by atoms with Gasteiger partial charge in [0.1, 0.15) is 6.33 Å². The van der Waals surface area contributed by atoms with Gasteiger partial charge in [-0.05, 0) is 13.8 Å². The van der Waals surface area contributed by atoms with Gasteiger partial charge in [0.05, 0.1) is 0 Å². The Morgan fingerprint density at radius 1 is 1.38 bits per heavy atom. The second-order valence-corrected chi connectivity index (χ2v) is 3.57. The molecule has 0 saturated carbocycles. The summed E-state index contributed by atoms with van der Waals surface area (Å²) in [6, 6.07) is 0. The van der Waals surface area contributed by atoms with Crippen molar-refractivity contribution in [1.29, 1.82) is 0 Å². The van der Waals surface area contributed by atoms with Gasteiger partial charge in [-0.2, -0.15) is 10.1 Å². The smallest absolute Gasteiger partial charge is 0.252 e. The average Bonchev–Trinajstić information content (AvgIpc) is 2.47. The highest BCUT2D eigenvalue weighted by atomic mass is 15.3.